The molecule has 3 rings (SSSR count). The van der Waals surface area contributed by atoms with E-state index in [9.17, 15) is 9.59 Å². The fourth-order valence-electron chi connectivity index (χ4n) is 3.65. The van der Waals surface area contributed by atoms with Crippen molar-refractivity contribution in [1.82, 2.24) is 5.32 Å². The number of anilines is 1. The van der Waals surface area contributed by atoms with Gasteiger partial charge in [-0.1, -0.05) is 37.5 Å². The van der Waals surface area contributed by atoms with Crippen molar-refractivity contribution in [3.8, 4) is 0 Å². The Morgan fingerprint density at radius 1 is 1.14 bits per heavy atom. The van der Waals surface area contributed by atoms with Gasteiger partial charge in [-0.05, 0) is 30.9 Å². The summed E-state index contributed by atoms with van der Waals surface area (Å²) >= 11 is 0. The first kappa shape index (κ1) is 14.9. The second kappa shape index (κ2) is 6.38. The minimum absolute atomic E-state index is 0.0883. The molecule has 0 aromatic heterocycles. The Hall–Kier alpha value is -2.04. The molecular weight excluding hydrogens is 280 g/mol. The Balaban J connectivity index is 1.84. The van der Waals surface area contributed by atoms with Crippen molar-refractivity contribution in [2.24, 2.45) is 5.92 Å². The third-order valence-electron chi connectivity index (χ3n) is 4.70. The molecule has 1 atom stereocenters. The average molecular weight is 302 g/mol. The third kappa shape index (κ3) is 3.08. The highest BCUT2D eigenvalue weighted by Crippen LogP contribution is 2.32. The predicted octanol–water partition coefficient (Wildman–Crippen LogP) is 2.79. The summed E-state index contributed by atoms with van der Waals surface area (Å²) in [6.07, 6.45) is 4.95. The molecule has 118 valence electrons. The van der Waals surface area contributed by atoms with E-state index in [2.05, 4.69) is 5.32 Å². The highest BCUT2D eigenvalue weighted by Gasteiger charge is 2.33. The van der Waals surface area contributed by atoms with Gasteiger partial charge in [-0.2, -0.15) is 0 Å². The number of rotatable bonds is 2. The summed E-state index contributed by atoms with van der Waals surface area (Å²) in [6.45, 7) is 0.429. The summed E-state index contributed by atoms with van der Waals surface area (Å²) in [7, 11) is 0. The Labute approximate surface area is 130 Å². The van der Waals surface area contributed by atoms with Gasteiger partial charge in [0.15, 0.2) is 0 Å². The largest absolute Gasteiger partial charge is 0.465 e. The lowest BCUT2D eigenvalue weighted by Crippen LogP contribution is -2.51. The van der Waals surface area contributed by atoms with E-state index in [4.69, 9.17) is 5.11 Å². The third-order valence-corrected chi connectivity index (χ3v) is 4.70. The van der Waals surface area contributed by atoms with Crippen LogP contribution >= 0.6 is 0 Å². The first-order valence-electron chi connectivity index (χ1n) is 8.04. The second-order valence-electron chi connectivity index (χ2n) is 6.26. The van der Waals surface area contributed by atoms with Gasteiger partial charge >= 0.3 is 6.09 Å². The van der Waals surface area contributed by atoms with Crippen molar-refractivity contribution in [2.45, 2.75) is 44.6 Å². The van der Waals surface area contributed by atoms with E-state index in [0.717, 1.165) is 36.9 Å². The zero-order chi connectivity index (χ0) is 15.5. The molecule has 1 saturated carbocycles. The van der Waals surface area contributed by atoms with Crippen LogP contribution in [0.4, 0.5) is 10.5 Å². The standard InChI is InChI=1S/C17H22N2O3/c20-16(12-6-2-1-3-7-12)19-11-14(18-17(21)22)10-13-8-4-5-9-15(13)19/h4-5,8-9,12,14,18H,1-3,6-7,10-11H2,(H,21,22). The predicted molar refractivity (Wildman–Crippen MR) is 84.0 cm³/mol. The normalized spacial score (nSPS) is 22.0. The van der Waals surface area contributed by atoms with E-state index in [1.807, 2.05) is 24.3 Å². The topological polar surface area (TPSA) is 69.6 Å². The van der Waals surface area contributed by atoms with Crippen LogP contribution in [0.5, 0.6) is 0 Å². The van der Waals surface area contributed by atoms with Gasteiger partial charge in [0, 0.05) is 18.2 Å². The van der Waals surface area contributed by atoms with Crippen LogP contribution in [0.2, 0.25) is 0 Å². The molecule has 0 radical (unpaired) electrons. The van der Waals surface area contributed by atoms with Gasteiger partial charge in [0.2, 0.25) is 5.91 Å². The van der Waals surface area contributed by atoms with E-state index >= 15 is 0 Å². The number of fused-ring (bicyclic) bond motifs is 1. The average Bonchev–Trinajstić information content (AvgIpc) is 2.53. The molecule has 22 heavy (non-hydrogen) atoms. The molecule has 2 aliphatic rings. The summed E-state index contributed by atoms with van der Waals surface area (Å²) in [5.74, 6) is 0.245. The maximum Gasteiger partial charge on any atom is 0.404 e. The highest BCUT2D eigenvalue weighted by atomic mass is 16.4. The molecule has 5 nitrogen and oxygen atoms in total. The van der Waals surface area contributed by atoms with Gasteiger partial charge in [0.05, 0.1) is 6.04 Å². The maximum absolute atomic E-state index is 12.9. The minimum Gasteiger partial charge on any atom is -0.465 e. The lowest BCUT2D eigenvalue weighted by molar-refractivity contribution is -0.123. The molecule has 2 amide bonds. The number of nitrogens with one attached hydrogen (secondary N) is 1. The minimum atomic E-state index is -1.03. The van der Waals surface area contributed by atoms with Gasteiger partial charge in [-0.15, -0.1) is 0 Å². The number of hydrogen-bond donors (Lipinski definition) is 2. The number of nitrogens with zero attached hydrogens (tertiary/aromatic N) is 1. The Morgan fingerprint density at radius 2 is 1.86 bits per heavy atom. The summed E-state index contributed by atoms with van der Waals surface area (Å²) in [5, 5.41) is 11.5. The molecule has 1 aromatic rings. The first-order chi connectivity index (χ1) is 10.6. The van der Waals surface area contributed by atoms with Crippen LogP contribution in [0, 0.1) is 5.92 Å². The van der Waals surface area contributed by atoms with Crippen LogP contribution in [0.15, 0.2) is 24.3 Å². The Bertz CT molecular complexity index is 567. The molecule has 0 bridgehead atoms. The van der Waals surface area contributed by atoms with Crippen molar-refractivity contribution in [2.75, 3.05) is 11.4 Å². The maximum atomic E-state index is 12.9. The Morgan fingerprint density at radius 3 is 2.59 bits per heavy atom. The highest BCUT2D eigenvalue weighted by molar-refractivity contribution is 5.96. The fourth-order valence-corrected chi connectivity index (χ4v) is 3.65. The quantitative estimate of drug-likeness (QED) is 0.882. The number of para-hydroxylation sites is 1. The zero-order valence-corrected chi connectivity index (χ0v) is 12.6. The van der Waals surface area contributed by atoms with Crippen molar-refractivity contribution in [1.29, 1.82) is 0 Å². The lowest BCUT2D eigenvalue weighted by atomic mass is 9.87. The molecule has 1 heterocycles. The lowest BCUT2D eigenvalue weighted by Gasteiger charge is -2.37. The molecule has 0 spiro atoms. The number of carbonyl (C=O) groups excluding carboxylic acids is 1. The molecule has 1 fully saturated rings. The van der Waals surface area contributed by atoms with Crippen molar-refractivity contribution >= 4 is 17.7 Å². The number of amides is 2. The van der Waals surface area contributed by atoms with E-state index in [1.165, 1.54) is 6.42 Å². The number of hydrogen-bond acceptors (Lipinski definition) is 2. The molecule has 2 N–H and O–H groups in total. The van der Waals surface area contributed by atoms with Crippen LogP contribution in [-0.4, -0.2) is 29.7 Å². The Kier molecular flexibility index (Phi) is 4.32. The van der Waals surface area contributed by atoms with Crippen LogP contribution in [0.3, 0.4) is 0 Å². The van der Waals surface area contributed by atoms with E-state index in [-0.39, 0.29) is 17.9 Å². The first-order valence-corrected chi connectivity index (χ1v) is 8.04. The second-order valence-corrected chi connectivity index (χ2v) is 6.26. The smallest absolute Gasteiger partial charge is 0.404 e. The molecule has 1 unspecified atom stereocenters. The van der Waals surface area contributed by atoms with Gasteiger partial charge in [0.25, 0.3) is 0 Å². The summed E-state index contributed by atoms with van der Waals surface area (Å²) in [5.41, 5.74) is 1.98. The van der Waals surface area contributed by atoms with E-state index < -0.39 is 6.09 Å². The number of carbonyl (C=O) groups is 2. The van der Waals surface area contributed by atoms with Crippen LogP contribution in [-0.2, 0) is 11.2 Å². The number of carboxylic acid groups (broad SMARTS) is 1. The molecule has 1 aliphatic carbocycles. The molecule has 5 heteroatoms. The van der Waals surface area contributed by atoms with Crippen molar-refractivity contribution < 1.29 is 14.7 Å². The SMILES string of the molecule is O=C(O)NC1Cc2ccccc2N(C(=O)C2CCCCC2)C1. The molecule has 0 saturated heterocycles. The molecule has 1 aliphatic heterocycles. The van der Waals surface area contributed by atoms with Crippen molar-refractivity contribution in [3.05, 3.63) is 29.8 Å². The van der Waals surface area contributed by atoms with Crippen molar-refractivity contribution in [3.63, 3.8) is 0 Å². The zero-order valence-electron chi connectivity index (χ0n) is 12.6. The van der Waals surface area contributed by atoms with E-state index in [1.54, 1.807) is 4.90 Å². The summed E-state index contributed by atoms with van der Waals surface area (Å²) < 4.78 is 0. The van der Waals surface area contributed by atoms with E-state index in [0.29, 0.717) is 13.0 Å². The van der Waals surface area contributed by atoms with Crippen LogP contribution in [0.1, 0.15) is 37.7 Å². The fraction of sp³-hybridized carbons (Fsp3) is 0.529. The monoisotopic (exact) mass is 302 g/mol. The van der Waals surface area contributed by atoms with Gasteiger partial charge < -0.3 is 15.3 Å². The van der Waals surface area contributed by atoms with Gasteiger partial charge in [-0.25, -0.2) is 4.79 Å². The van der Waals surface area contributed by atoms with Crippen LogP contribution in [0.25, 0.3) is 0 Å². The van der Waals surface area contributed by atoms with Gasteiger partial charge in [0.1, 0.15) is 0 Å². The van der Waals surface area contributed by atoms with Crippen LogP contribution < -0.4 is 10.2 Å². The summed E-state index contributed by atoms with van der Waals surface area (Å²) in [6, 6.07) is 7.58. The number of benzene rings is 1. The summed E-state index contributed by atoms with van der Waals surface area (Å²) in [4.78, 5) is 25.6. The van der Waals surface area contributed by atoms with Gasteiger partial charge in [-0.3, -0.25) is 4.79 Å². The molecular formula is C17H22N2O3. The molecule has 1 aromatic carbocycles.